The Morgan fingerprint density at radius 3 is 2.57 bits per heavy atom. The summed E-state index contributed by atoms with van der Waals surface area (Å²) in [5, 5.41) is 13.7. The van der Waals surface area contributed by atoms with Crippen LogP contribution < -0.4 is 10.2 Å². The molecule has 2 aromatic rings. The van der Waals surface area contributed by atoms with E-state index in [1.165, 1.54) is 23.4 Å². The smallest absolute Gasteiger partial charge is 0.287 e. The van der Waals surface area contributed by atoms with Crippen molar-refractivity contribution in [1.29, 1.82) is 0 Å². The molecule has 1 N–H and O–H groups in total. The van der Waals surface area contributed by atoms with E-state index >= 15 is 0 Å². The van der Waals surface area contributed by atoms with Crippen molar-refractivity contribution in [3.8, 4) is 0 Å². The lowest BCUT2D eigenvalue weighted by molar-refractivity contribution is -0.385. The first kappa shape index (κ1) is 14.8. The summed E-state index contributed by atoms with van der Waals surface area (Å²) in [6, 6.07) is 9.32. The van der Waals surface area contributed by atoms with Crippen LogP contribution in [0.3, 0.4) is 0 Å². The quantitative estimate of drug-likeness (QED) is 0.676. The lowest BCUT2D eigenvalue weighted by Crippen LogP contribution is -2.09. The van der Waals surface area contributed by atoms with Crippen molar-refractivity contribution in [2.24, 2.45) is 0 Å². The molecule has 0 amide bonds. The fraction of sp³-hybridized carbons (Fsp3) is 0.267. The third-order valence-electron chi connectivity index (χ3n) is 3.26. The molecule has 1 heterocycles. The predicted molar refractivity (Wildman–Crippen MR) is 83.7 cm³/mol. The fourth-order valence-corrected chi connectivity index (χ4v) is 1.94. The molecule has 1 aromatic heterocycles. The largest absolute Gasteiger partial charge is 0.378 e. The first-order valence-electron chi connectivity index (χ1n) is 6.58. The normalized spacial score (nSPS) is 10.2. The van der Waals surface area contributed by atoms with E-state index in [0.717, 1.165) is 5.69 Å². The van der Waals surface area contributed by atoms with E-state index < -0.39 is 4.92 Å². The second-order valence-corrected chi connectivity index (χ2v) is 5.02. The SMILES string of the molecule is Cc1cc(N(C)C)ccc1CNc1ccc([N+](=O)[O-])cn1. The van der Waals surface area contributed by atoms with Gasteiger partial charge in [-0.25, -0.2) is 4.98 Å². The Hall–Kier alpha value is -2.63. The zero-order chi connectivity index (χ0) is 15.4. The summed E-state index contributed by atoms with van der Waals surface area (Å²) in [5.41, 5.74) is 3.51. The second-order valence-electron chi connectivity index (χ2n) is 5.02. The number of aromatic nitrogens is 1. The molecule has 0 atom stereocenters. The number of nitrogens with one attached hydrogen (secondary N) is 1. The molecule has 0 aliphatic carbocycles. The molecule has 0 bridgehead atoms. The summed E-state index contributed by atoms with van der Waals surface area (Å²) in [7, 11) is 4.01. The number of rotatable bonds is 5. The van der Waals surface area contributed by atoms with Gasteiger partial charge in [-0.15, -0.1) is 0 Å². The number of benzene rings is 1. The van der Waals surface area contributed by atoms with Gasteiger partial charge in [0.1, 0.15) is 12.0 Å². The molecule has 1 aromatic carbocycles. The molecule has 6 heteroatoms. The van der Waals surface area contributed by atoms with Gasteiger partial charge >= 0.3 is 0 Å². The van der Waals surface area contributed by atoms with Gasteiger partial charge in [-0.3, -0.25) is 10.1 Å². The Kier molecular flexibility index (Phi) is 4.37. The van der Waals surface area contributed by atoms with E-state index in [1.54, 1.807) is 6.07 Å². The standard InChI is InChI=1S/C15H18N4O2/c1-11-8-13(18(2)3)5-4-12(11)9-16-15-7-6-14(10-17-15)19(20)21/h4-8,10H,9H2,1-3H3,(H,16,17). The molecule has 0 aliphatic heterocycles. The first-order valence-corrected chi connectivity index (χ1v) is 6.58. The summed E-state index contributed by atoms with van der Waals surface area (Å²) >= 11 is 0. The highest BCUT2D eigenvalue weighted by atomic mass is 16.6. The Morgan fingerprint density at radius 1 is 1.29 bits per heavy atom. The van der Waals surface area contributed by atoms with Gasteiger partial charge < -0.3 is 10.2 Å². The topological polar surface area (TPSA) is 71.3 Å². The van der Waals surface area contributed by atoms with Crippen LogP contribution in [0, 0.1) is 17.0 Å². The van der Waals surface area contributed by atoms with Crippen LogP contribution in [-0.2, 0) is 6.54 Å². The Balaban J connectivity index is 2.04. The molecule has 6 nitrogen and oxygen atoms in total. The second kappa shape index (κ2) is 6.21. The van der Waals surface area contributed by atoms with Crippen molar-refractivity contribution >= 4 is 17.2 Å². The number of hydrogen-bond donors (Lipinski definition) is 1. The maximum Gasteiger partial charge on any atom is 0.287 e. The number of hydrogen-bond acceptors (Lipinski definition) is 5. The first-order chi connectivity index (χ1) is 9.97. The lowest BCUT2D eigenvalue weighted by Gasteiger charge is -2.15. The van der Waals surface area contributed by atoms with Gasteiger partial charge in [0.2, 0.25) is 0 Å². The number of aryl methyl sites for hydroxylation is 1. The molecule has 0 saturated carbocycles. The molecule has 0 radical (unpaired) electrons. The molecule has 21 heavy (non-hydrogen) atoms. The van der Waals surface area contributed by atoms with Gasteiger partial charge in [0.25, 0.3) is 5.69 Å². The van der Waals surface area contributed by atoms with Gasteiger partial charge in [-0.2, -0.15) is 0 Å². The van der Waals surface area contributed by atoms with E-state index in [1.807, 2.05) is 14.1 Å². The minimum absolute atomic E-state index is 0.00735. The monoisotopic (exact) mass is 286 g/mol. The van der Waals surface area contributed by atoms with Gasteiger partial charge in [0.05, 0.1) is 4.92 Å². The van der Waals surface area contributed by atoms with Crippen molar-refractivity contribution in [2.45, 2.75) is 13.5 Å². The minimum atomic E-state index is -0.457. The van der Waals surface area contributed by atoms with Crippen LogP contribution in [0.15, 0.2) is 36.5 Å². The molecule has 0 aliphatic rings. The third kappa shape index (κ3) is 3.68. The summed E-state index contributed by atoms with van der Waals surface area (Å²) in [6.07, 6.45) is 1.25. The summed E-state index contributed by atoms with van der Waals surface area (Å²) in [4.78, 5) is 16.2. The average molecular weight is 286 g/mol. The van der Waals surface area contributed by atoms with Crippen LogP contribution >= 0.6 is 0 Å². The highest BCUT2D eigenvalue weighted by Gasteiger charge is 2.06. The maximum absolute atomic E-state index is 10.6. The number of nitro groups is 1. The van der Waals surface area contributed by atoms with Crippen molar-refractivity contribution < 1.29 is 4.92 Å². The third-order valence-corrected chi connectivity index (χ3v) is 3.26. The van der Waals surface area contributed by atoms with Crippen molar-refractivity contribution in [3.05, 3.63) is 57.8 Å². The molecular weight excluding hydrogens is 268 g/mol. The fourth-order valence-electron chi connectivity index (χ4n) is 1.94. The van der Waals surface area contributed by atoms with E-state index in [9.17, 15) is 10.1 Å². The van der Waals surface area contributed by atoms with Crippen LogP contribution in [0.4, 0.5) is 17.2 Å². The van der Waals surface area contributed by atoms with Crippen molar-refractivity contribution in [3.63, 3.8) is 0 Å². The molecule has 0 saturated heterocycles. The Bertz CT molecular complexity index is 639. The van der Waals surface area contributed by atoms with E-state index in [4.69, 9.17) is 0 Å². The lowest BCUT2D eigenvalue weighted by atomic mass is 10.1. The Labute approximate surface area is 123 Å². The summed E-state index contributed by atoms with van der Waals surface area (Å²) < 4.78 is 0. The number of pyridine rings is 1. The molecule has 0 fully saturated rings. The molecule has 2 rings (SSSR count). The minimum Gasteiger partial charge on any atom is -0.378 e. The van der Waals surface area contributed by atoms with Crippen molar-refractivity contribution in [1.82, 2.24) is 4.98 Å². The van der Waals surface area contributed by atoms with Crippen molar-refractivity contribution in [2.75, 3.05) is 24.3 Å². The highest BCUT2D eigenvalue weighted by molar-refractivity contribution is 5.50. The van der Waals surface area contributed by atoms with Crippen LogP contribution in [0.25, 0.3) is 0 Å². The molecule has 110 valence electrons. The number of anilines is 2. The molecule has 0 spiro atoms. The van der Waals surface area contributed by atoms with Gasteiger partial charge in [-0.05, 0) is 36.2 Å². The van der Waals surface area contributed by atoms with Crippen LogP contribution in [0.5, 0.6) is 0 Å². The maximum atomic E-state index is 10.6. The van der Waals surface area contributed by atoms with Crippen LogP contribution in [0.1, 0.15) is 11.1 Å². The van der Waals surface area contributed by atoms with E-state index in [0.29, 0.717) is 12.4 Å². The predicted octanol–water partition coefficient (Wildman–Crippen LogP) is 2.98. The molecular formula is C15H18N4O2. The highest BCUT2D eigenvalue weighted by Crippen LogP contribution is 2.19. The average Bonchev–Trinajstić information content (AvgIpc) is 2.46. The molecule has 0 unspecified atom stereocenters. The van der Waals surface area contributed by atoms with Crippen LogP contribution in [0.2, 0.25) is 0 Å². The van der Waals surface area contributed by atoms with Gasteiger partial charge in [-0.1, -0.05) is 6.07 Å². The summed E-state index contributed by atoms with van der Waals surface area (Å²) in [5.74, 6) is 0.622. The Morgan fingerprint density at radius 2 is 2.05 bits per heavy atom. The van der Waals surface area contributed by atoms with E-state index in [2.05, 4.69) is 40.3 Å². The van der Waals surface area contributed by atoms with Gasteiger partial charge in [0.15, 0.2) is 0 Å². The summed E-state index contributed by atoms with van der Waals surface area (Å²) in [6.45, 7) is 2.69. The number of nitrogens with zero attached hydrogens (tertiary/aromatic N) is 3. The van der Waals surface area contributed by atoms with Gasteiger partial charge in [0, 0.05) is 32.4 Å². The zero-order valence-electron chi connectivity index (χ0n) is 12.3. The zero-order valence-corrected chi connectivity index (χ0v) is 12.3. The van der Waals surface area contributed by atoms with E-state index in [-0.39, 0.29) is 5.69 Å². The van der Waals surface area contributed by atoms with Crippen LogP contribution in [-0.4, -0.2) is 24.0 Å².